The minimum absolute atomic E-state index is 0.221. The molecule has 34 heavy (non-hydrogen) atoms. The SMILES string of the molecule is CC(C)(C)[Si](C)(C)OCCOCCOCCOCCOCCOCCOc1ccc(C=O)cc1. The van der Waals surface area contributed by atoms with Gasteiger partial charge in [-0.3, -0.25) is 4.79 Å². The maximum atomic E-state index is 10.6. The lowest BCUT2D eigenvalue weighted by Crippen LogP contribution is -2.41. The van der Waals surface area contributed by atoms with Gasteiger partial charge in [-0.25, -0.2) is 0 Å². The van der Waals surface area contributed by atoms with Crippen molar-refractivity contribution < 1.29 is 37.6 Å². The van der Waals surface area contributed by atoms with E-state index in [-0.39, 0.29) is 5.04 Å². The smallest absolute Gasteiger partial charge is 0.192 e. The second-order valence-electron chi connectivity index (χ2n) is 9.21. The fourth-order valence-corrected chi connectivity index (χ4v) is 3.44. The van der Waals surface area contributed by atoms with Crippen LogP contribution in [-0.2, 0) is 28.1 Å². The molecule has 8 nitrogen and oxygen atoms in total. The van der Waals surface area contributed by atoms with Gasteiger partial charge >= 0.3 is 0 Å². The number of benzene rings is 1. The summed E-state index contributed by atoms with van der Waals surface area (Å²) in [6, 6.07) is 6.96. The molecule has 0 N–H and O–H groups in total. The Kier molecular flexibility index (Phi) is 16.3. The van der Waals surface area contributed by atoms with E-state index in [1.807, 2.05) is 0 Å². The number of hydrogen-bond acceptors (Lipinski definition) is 8. The average Bonchev–Trinajstić information content (AvgIpc) is 2.80. The van der Waals surface area contributed by atoms with Crippen molar-refractivity contribution in [1.29, 1.82) is 0 Å². The van der Waals surface area contributed by atoms with E-state index in [2.05, 4.69) is 33.9 Å². The van der Waals surface area contributed by atoms with Gasteiger partial charge < -0.3 is 32.8 Å². The molecule has 0 radical (unpaired) electrons. The average molecular weight is 501 g/mol. The summed E-state index contributed by atoms with van der Waals surface area (Å²) in [4.78, 5) is 10.6. The standard InChI is InChI=1S/C25H44O8Si/c1-25(2,3)34(4,5)33-21-19-31-17-15-29-13-11-27-10-12-28-14-16-30-18-20-32-24-8-6-23(22-26)7-9-24/h6-9,22H,10-21H2,1-5H3. The molecule has 1 rings (SSSR count). The molecule has 0 unspecified atom stereocenters. The topological polar surface area (TPSA) is 81.7 Å². The van der Waals surface area contributed by atoms with Crippen molar-refractivity contribution in [3.8, 4) is 5.75 Å². The Hall–Kier alpha value is -1.33. The van der Waals surface area contributed by atoms with Gasteiger partial charge in [-0.05, 0) is 42.4 Å². The van der Waals surface area contributed by atoms with E-state index in [1.165, 1.54) is 0 Å². The van der Waals surface area contributed by atoms with E-state index < -0.39 is 8.32 Å². The molecule has 0 atom stereocenters. The first-order valence-electron chi connectivity index (χ1n) is 12.0. The predicted molar refractivity (Wildman–Crippen MR) is 135 cm³/mol. The Morgan fingerprint density at radius 2 is 1.03 bits per heavy atom. The first kappa shape index (κ1) is 30.7. The zero-order chi connectivity index (χ0) is 25.1. The molecule has 0 spiro atoms. The van der Waals surface area contributed by atoms with Crippen LogP contribution < -0.4 is 4.74 Å². The summed E-state index contributed by atoms with van der Waals surface area (Å²) < 4.78 is 39.0. The summed E-state index contributed by atoms with van der Waals surface area (Å²) in [5, 5.41) is 0.221. The molecular weight excluding hydrogens is 456 g/mol. The Morgan fingerprint density at radius 3 is 1.41 bits per heavy atom. The molecule has 1 aromatic carbocycles. The van der Waals surface area contributed by atoms with Crippen LogP contribution in [0, 0.1) is 0 Å². The summed E-state index contributed by atoms with van der Waals surface area (Å²) >= 11 is 0. The molecule has 0 saturated carbocycles. The molecule has 196 valence electrons. The van der Waals surface area contributed by atoms with E-state index in [4.69, 9.17) is 32.8 Å². The maximum Gasteiger partial charge on any atom is 0.192 e. The van der Waals surface area contributed by atoms with E-state index in [1.54, 1.807) is 24.3 Å². The number of carbonyl (C=O) groups is 1. The highest BCUT2D eigenvalue weighted by Crippen LogP contribution is 2.36. The van der Waals surface area contributed by atoms with Gasteiger partial charge in [0, 0.05) is 5.56 Å². The van der Waals surface area contributed by atoms with Crippen LogP contribution in [0.3, 0.4) is 0 Å². The van der Waals surface area contributed by atoms with E-state index >= 15 is 0 Å². The van der Waals surface area contributed by atoms with Gasteiger partial charge in [0.05, 0.1) is 72.7 Å². The highest BCUT2D eigenvalue weighted by Gasteiger charge is 2.36. The summed E-state index contributed by atoms with van der Waals surface area (Å²) in [6.45, 7) is 17.5. The van der Waals surface area contributed by atoms with Crippen LogP contribution in [0.1, 0.15) is 31.1 Å². The Balaban J connectivity index is 1.77. The van der Waals surface area contributed by atoms with Crippen molar-refractivity contribution in [2.75, 3.05) is 79.3 Å². The molecule has 0 saturated heterocycles. The number of hydrogen-bond donors (Lipinski definition) is 0. The Morgan fingerprint density at radius 1 is 0.647 bits per heavy atom. The monoisotopic (exact) mass is 500 g/mol. The minimum atomic E-state index is -1.69. The lowest BCUT2D eigenvalue weighted by Gasteiger charge is -2.36. The van der Waals surface area contributed by atoms with Crippen molar-refractivity contribution in [2.45, 2.75) is 38.9 Å². The summed E-state index contributed by atoms with van der Waals surface area (Å²) in [5.74, 6) is 0.714. The lowest BCUT2D eigenvalue weighted by atomic mass is 10.2. The van der Waals surface area contributed by atoms with Crippen LogP contribution in [0.2, 0.25) is 18.1 Å². The van der Waals surface area contributed by atoms with Gasteiger partial charge in [0.15, 0.2) is 8.32 Å². The van der Waals surface area contributed by atoms with Crippen molar-refractivity contribution in [3.05, 3.63) is 29.8 Å². The second kappa shape index (κ2) is 18.0. The van der Waals surface area contributed by atoms with Crippen molar-refractivity contribution in [2.24, 2.45) is 0 Å². The van der Waals surface area contributed by atoms with Gasteiger partial charge in [0.25, 0.3) is 0 Å². The van der Waals surface area contributed by atoms with Crippen LogP contribution in [-0.4, -0.2) is 93.9 Å². The van der Waals surface area contributed by atoms with Crippen molar-refractivity contribution in [3.63, 3.8) is 0 Å². The van der Waals surface area contributed by atoms with E-state index in [9.17, 15) is 4.79 Å². The van der Waals surface area contributed by atoms with Crippen LogP contribution in [0.25, 0.3) is 0 Å². The Labute approximate surface area is 206 Å². The third kappa shape index (κ3) is 14.8. The molecule has 0 heterocycles. The summed E-state index contributed by atoms with van der Waals surface area (Å²) in [5.41, 5.74) is 0.626. The molecule has 1 aromatic rings. The molecule has 0 bridgehead atoms. The van der Waals surface area contributed by atoms with Gasteiger partial charge in [-0.15, -0.1) is 0 Å². The second-order valence-corrected chi connectivity index (χ2v) is 14.0. The van der Waals surface area contributed by atoms with Crippen LogP contribution in [0.15, 0.2) is 24.3 Å². The van der Waals surface area contributed by atoms with Gasteiger partial charge in [0.1, 0.15) is 18.6 Å². The number of aldehydes is 1. The highest BCUT2D eigenvalue weighted by molar-refractivity contribution is 6.74. The number of carbonyl (C=O) groups excluding carboxylic acids is 1. The lowest BCUT2D eigenvalue weighted by molar-refractivity contribution is -0.0144. The van der Waals surface area contributed by atoms with E-state index in [0.717, 1.165) is 6.29 Å². The van der Waals surface area contributed by atoms with Gasteiger partial charge in [0.2, 0.25) is 0 Å². The first-order valence-corrected chi connectivity index (χ1v) is 14.9. The Bertz CT molecular complexity index is 631. The predicted octanol–water partition coefficient (Wildman–Crippen LogP) is 3.98. The van der Waals surface area contributed by atoms with Gasteiger partial charge in [-0.2, -0.15) is 0 Å². The van der Waals surface area contributed by atoms with Crippen LogP contribution in [0.5, 0.6) is 5.75 Å². The zero-order valence-electron chi connectivity index (χ0n) is 21.6. The third-order valence-electron chi connectivity index (χ3n) is 5.50. The molecule has 0 aliphatic rings. The molecule has 0 fully saturated rings. The zero-order valence-corrected chi connectivity index (χ0v) is 22.6. The summed E-state index contributed by atoms with van der Waals surface area (Å²) in [6.07, 6.45) is 0.803. The molecule has 0 aliphatic heterocycles. The molecule has 9 heteroatoms. The fraction of sp³-hybridized carbons (Fsp3) is 0.720. The van der Waals surface area contributed by atoms with E-state index in [0.29, 0.717) is 90.6 Å². The fourth-order valence-electron chi connectivity index (χ4n) is 2.42. The molecule has 0 aliphatic carbocycles. The van der Waals surface area contributed by atoms with Gasteiger partial charge in [-0.1, -0.05) is 20.8 Å². The first-order chi connectivity index (χ1) is 16.3. The molecule has 0 aromatic heterocycles. The quantitative estimate of drug-likeness (QED) is 0.142. The van der Waals surface area contributed by atoms with Crippen LogP contribution >= 0.6 is 0 Å². The third-order valence-corrected chi connectivity index (χ3v) is 10.0. The summed E-state index contributed by atoms with van der Waals surface area (Å²) in [7, 11) is -1.69. The number of ether oxygens (including phenoxy) is 6. The normalized spacial score (nSPS) is 12.1. The maximum absolute atomic E-state index is 10.6. The molecular formula is C25H44O8Si. The number of rotatable bonds is 21. The molecule has 0 amide bonds. The van der Waals surface area contributed by atoms with Crippen molar-refractivity contribution in [1.82, 2.24) is 0 Å². The van der Waals surface area contributed by atoms with Crippen molar-refractivity contribution >= 4 is 14.6 Å². The van der Waals surface area contributed by atoms with Crippen LogP contribution in [0.4, 0.5) is 0 Å². The largest absolute Gasteiger partial charge is 0.491 e. The minimum Gasteiger partial charge on any atom is -0.491 e. The highest BCUT2D eigenvalue weighted by atomic mass is 28.4.